The zero-order valence-corrected chi connectivity index (χ0v) is 9.14. The third-order valence-electron chi connectivity index (χ3n) is 2.71. The Morgan fingerprint density at radius 3 is 3.00 bits per heavy atom. The Hall–Kier alpha value is -1.42. The summed E-state index contributed by atoms with van der Waals surface area (Å²) in [5.74, 6) is 1.55. The van der Waals surface area contributed by atoms with Crippen molar-refractivity contribution in [3.63, 3.8) is 0 Å². The number of aryl methyl sites for hydroxylation is 1. The fourth-order valence-corrected chi connectivity index (χ4v) is 1.66. The van der Waals surface area contributed by atoms with E-state index in [2.05, 4.69) is 21.5 Å². The van der Waals surface area contributed by atoms with Gasteiger partial charge < -0.3 is 10.3 Å². The topological polar surface area (TPSA) is 56.7 Å². The minimum absolute atomic E-state index is 0.466. The van der Waals surface area contributed by atoms with E-state index in [-0.39, 0.29) is 0 Å². The molecule has 2 aromatic heterocycles. The average Bonchev–Trinajstić information content (AvgIpc) is 2.57. The van der Waals surface area contributed by atoms with E-state index in [1.165, 1.54) is 0 Å². The fourth-order valence-electron chi connectivity index (χ4n) is 1.66. The van der Waals surface area contributed by atoms with Crippen LogP contribution in [0.5, 0.6) is 0 Å². The highest BCUT2D eigenvalue weighted by atomic mass is 15.1. The number of pyridine rings is 1. The first-order valence-corrected chi connectivity index (χ1v) is 5.17. The van der Waals surface area contributed by atoms with Crippen molar-refractivity contribution in [2.75, 3.05) is 6.54 Å². The molecule has 0 spiro atoms. The number of hydrogen-bond donors (Lipinski definition) is 1. The van der Waals surface area contributed by atoms with Gasteiger partial charge in [0.15, 0.2) is 0 Å². The Bertz CT molecular complexity index is 461. The number of rotatable bonds is 3. The van der Waals surface area contributed by atoms with Crippen LogP contribution in [0.25, 0.3) is 11.0 Å². The van der Waals surface area contributed by atoms with E-state index in [0.29, 0.717) is 12.5 Å². The highest BCUT2D eigenvalue weighted by Crippen LogP contribution is 2.15. The van der Waals surface area contributed by atoms with Crippen LogP contribution in [-0.2, 0) is 13.5 Å². The minimum Gasteiger partial charge on any atom is -0.330 e. The number of hydrogen-bond acceptors (Lipinski definition) is 3. The molecular weight excluding hydrogens is 188 g/mol. The van der Waals surface area contributed by atoms with Crippen LogP contribution in [0.1, 0.15) is 12.7 Å². The number of aromatic nitrogens is 3. The van der Waals surface area contributed by atoms with Crippen LogP contribution in [0, 0.1) is 5.92 Å². The van der Waals surface area contributed by atoms with Crippen LogP contribution in [0.3, 0.4) is 0 Å². The Balaban J connectivity index is 2.40. The van der Waals surface area contributed by atoms with E-state index in [1.807, 2.05) is 19.3 Å². The lowest BCUT2D eigenvalue weighted by molar-refractivity contribution is 0.563. The Morgan fingerprint density at radius 2 is 2.33 bits per heavy atom. The maximum absolute atomic E-state index is 5.61. The summed E-state index contributed by atoms with van der Waals surface area (Å²) in [6.45, 7) is 2.83. The van der Waals surface area contributed by atoms with Gasteiger partial charge in [-0.3, -0.25) is 4.98 Å². The van der Waals surface area contributed by atoms with E-state index < -0.39 is 0 Å². The maximum atomic E-state index is 5.61. The van der Waals surface area contributed by atoms with Crippen molar-refractivity contribution in [3.8, 4) is 0 Å². The normalized spacial score (nSPS) is 13.3. The quantitative estimate of drug-likeness (QED) is 0.814. The lowest BCUT2D eigenvalue weighted by Gasteiger charge is -2.07. The molecule has 0 saturated carbocycles. The lowest BCUT2D eigenvalue weighted by atomic mass is 10.1. The fraction of sp³-hybridized carbons (Fsp3) is 0.455. The largest absolute Gasteiger partial charge is 0.330 e. The van der Waals surface area contributed by atoms with Crippen molar-refractivity contribution >= 4 is 11.0 Å². The van der Waals surface area contributed by atoms with Crippen LogP contribution in [0.15, 0.2) is 18.5 Å². The van der Waals surface area contributed by atoms with Gasteiger partial charge in [0.2, 0.25) is 0 Å². The number of fused-ring (bicyclic) bond motifs is 1. The zero-order chi connectivity index (χ0) is 10.8. The summed E-state index contributed by atoms with van der Waals surface area (Å²) in [7, 11) is 2.02. The van der Waals surface area contributed by atoms with Crippen LogP contribution >= 0.6 is 0 Å². The summed E-state index contributed by atoms with van der Waals surface area (Å²) in [5.41, 5.74) is 7.70. The number of nitrogens with zero attached hydrogens (tertiary/aromatic N) is 3. The van der Waals surface area contributed by atoms with Gasteiger partial charge in [0.25, 0.3) is 0 Å². The van der Waals surface area contributed by atoms with Crippen molar-refractivity contribution in [1.29, 1.82) is 0 Å². The summed E-state index contributed by atoms with van der Waals surface area (Å²) < 4.78 is 2.09. The van der Waals surface area contributed by atoms with Gasteiger partial charge in [-0.05, 0) is 18.5 Å². The molecule has 2 heterocycles. The molecule has 0 aliphatic carbocycles. The van der Waals surface area contributed by atoms with Gasteiger partial charge in [-0.2, -0.15) is 0 Å². The second kappa shape index (κ2) is 3.98. The second-order valence-corrected chi connectivity index (χ2v) is 4.00. The molecule has 2 N–H and O–H groups in total. The van der Waals surface area contributed by atoms with Crippen molar-refractivity contribution in [1.82, 2.24) is 14.5 Å². The second-order valence-electron chi connectivity index (χ2n) is 4.00. The van der Waals surface area contributed by atoms with Crippen LogP contribution in [0.4, 0.5) is 0 Å². The first-order valence-electron chi connectivity index (χ1n) is 5.17. The highest BCUT2D eigenvalue weighted by molar-refractivity contribution is 5.74. The van der Waals surface area contributed by atoms with Crippen molar-refractivity contribution < 1.29 is 0 Å². The molecule has 1 unspecified atom stereocenters. The Kier molecular flexibility index (Phi) is 2.68. The zero-order valence-electron chi connectivity index (χ0n) is 9.14. The maximum Gasteiger partial charge on any atom is 0.109 e. The third-order valence-corrected chi connectivity index (χ3v) is 2.71. The minimum atomic E-state index is 0.466. The number of nitrogens with two attached hydrogens (primary N) is 1. The molecule has 0 aromatic carbocycles. The molecule has 4 heteroatoms. The highest BCUT2D eigenvalue weighted by Gasteiger charge is 2.09. The summed E-state index contributed by atoms with van der Waals surface area (Å²) >= 11 is 0. The molecule has 4 nitrogen and oxygen atoms in total. The van der Waals surface area contributed by atoms with Gasteiger partial charge in [-0.15, -0.1) is 0 Å². The molecule has 0 saturated heterocycles. The van der Waals surface area contributed by atoms with E-state index in [0.717, 1.165) is 23.3 Å². The summed E-state index contributed by atoms with van der Waals surface area (Å²) in [5, 5.41) is 0. The van der Waals surface area contributed by atoms with Gasteiger partial charge in [0.05, 0.1) is 17.2 Å². The molecule has 2 aromatic rings. The smallest absolute Gasteiger partial charge is 0.109 e. The van der Waals surface area contributed by atoms with E-state index >= 15 is 0 Å². The van der Waals surface area contributed by atoms with Crippen molar-refractivity contribution in [3.05, 3.63) is 24.3 Å². The molecule has 1 atom stereocenters. The molecule has 0 bridgehead atoms. The van der Waals surface area contributed by atoms with Crippen molar-refractivity contribution in [2.24, 2.45) is 18.7 Å². The average molecular weight is 204 g/mol. The molecule has 0 aliphatic heterocycles. The van der Waals surface area contributed by atoms with Crippen LogP contribution < -0.4 is 5.73 Å². The molecule has 80 valence electrons. The summed E-state index contributed by atoms with van der Waals surface area (Å²) in [6, 6.07) is 1.94. The molecule has 0 aliphatic rings. The Labute approximate surface area is 89.1 Å². The predicted molar refractivity (Wildman–Crippen MR) is 60.4 cm³/mol. The Morgan fingerprint density at radius 1 is 1.53 bits per heavy atom. The van der Waals surface area contributed by atoms with Crippen LogP contribution in [0.2, 0.25) is 0 Å². The SMILES string of the molecule is CC(CN)Cc1nc2ccncc2n1C. The lowest BCUT2D eigenvalue weighted by Crippen LogP contribution is -2.15. The molecule has 0 radical (unpaired) electrons. The molecule has 0 fully saturated rings. The van der Waals surface area contributed by atoms with E-state index in [4.69, 9.17) is 5.73 Å². The summed E-state index contributed by atoms with van der Waals surface area (Å²) in [4.78, 5) is 8.67. The first-order chi connectivity index (χ1) is 7.22. The standard InChI is InChI=1S/C11H16N4/c1-8(6-12)5-11-14-9-3-4-13-7-10(9)15(11)2/h3-4,7-8H,5-6,12H2,1-2H3. The molecule has 15 heavy (non-hydrogen) atoms. The van der Waals surface area contributed by atoms with Gasteiger partial charge >= 0.3 is 0 Å². The van der Waals surface area contributed by atoms with E-state index in [9.17, 15) is 0 Å². The van der Waals surface area contributed by atoms with Crippen LogP contribution in [-0.4, -0.2) is 21.1 Å². The molecule has 2 rings (SSSR count). The first kappa shape index (κ1) is 10.1. The predicted octanol–water partition coefficient (Wildman–Crippen LogP) is 1.11. The van der Waals surface area contributed by atoms with E-state index in [1.54, 1.807) is 6.20 Å². The molecular formula is C11H16N4. The van der Waals surface area contributed by atoms with Gasteiger partial charge in [0, 0.05) is 19.7 Å². The monoisotopic (exact) mass is 204 g/mol. The molecule has 0 amide bonds. The van der Waals surface area contributed by atoms with Crippen molar-refractivity contribution in [2.45, 2.75) is 13.3 Å². The van der Waals surface area contributed by atoms with Gasteiger partial charge in [-0.1, -0.05) is 6.92 Å². The summed E-state index contributed by atoms with van der Waals surface area (Å²) in [6.07, 6.45) is 4.53. The van der Waals surface area contributed by atoms with Gasteiger partial charge in [-0.25, -0.2) is 4.98 Å². The number of imidazole rings is 1. The van der Waals surface area contributed by atoms with Gasteiger partial charge in [0.1, 0.15) is 5.82 Å². The third kappa shape index (κ3) is 1.85.